The fourth-order valence-corrected chi connectivity index (χ4v) is 3.20. The number of esters is 1. The average molecular weight is 511 g/mol. The molecule has 0 N–H and O–H groups in total. The number of alkyl halides is 1. The molecule has 1 atom stereocenters. The normalized spacial score (nSPS) is 11.7. The molecule has 152 valence electrons. The van der Waals surface area contributed by atoms with E-state index in [-0.39, 0.29) is 12.4 Å². The van der Waals surface area contributed by atoms with Gasteiger partial charge in [0.2, 0.25) is 5.01 Å². The first-order valence-corrected chi connectivity index (χ1v) is 10.2. The molecular formula is C20H20BrCl3O4. The molecule has 4 nitrogen and oxygen atoms in total. The zero-order chi connectivity index (χ0) is 21.3. The minimum atomic E-state index is -0.841. The first-order chi connectivity index (χ1) is 13.0. The predicted molar refractivity (Wildman–Crippen MR) is 117 cm³/mol. The van der Waals surface area contributed by atoms with E-state index in [9.17, 15) is 9.59 Å². The van der Waals surface area contributed by atoms with Gasteiger partial charge < -0.3 is 9.47 Å². The Hall–Kier alpha value is -1.27. The Morgan fingerprint density at radius 2 is 1.54 bits per heavy atom. The maximum absolute atomic E-state index is 12.3. The lowest BCUT2D eigenvalue weighted by Crippen LogP contribution is -2.38. The Bertz CT molecular complexity index is 777. The summed E-state index contributed by atoms with van der Waals surface area (Å²) in [7, 11) is 0. The van der Waals surface area contributed by atoms with E-state index in [4.69, 9.17) is 44.3 Å². The molecule has 0 aliphatic carbocycles. The number of carbonyl (C=O) groups excluding carboxylic acids is 2. The van der Waals surface area contributed by atoms with Crippen molar-refractivity contribution in [2.24, 2.45) is 5.41 Å². The minimum Gasteiger partial charge on any atom is -0.471 e. The van der Waals surface area contributed by atoms with E-state index in [2.05, 4.69) is 15.9 Å². The standard InChI is InChI=1S/C14H16BrClO4.C6H4Cl2/c1-9(17)19-8-14(2,3)12(18)13(15)20-11-6-4-10(16)5-7-11;7-5-2-1-3-6(8)4-5/h4-7,13H,8H2,1-3H3;1-4H. The Morgan fingerprint density at radius 3 is 1.96 bits per heavy atom. The van der Waals surface area contributed by atoms with Crippen molar-refractivity contribution in [3.05, 3.63) is 63.6 Å². The number of benzene rings is 2. The quantitative estimate of drug-likeness (QED) is 0.325. The summed E-state index contributed by atoms with van der Waals surface area (Å²) in [4.78, 5) is 23.1. The van der Waals surface area contributed by atoms with Crippen molar-refractivity contribution in [3.63, 3.8) is 0 Å². The summed E-state index contributed by atoms with van der Waals surface area (Å²) in [6, 6.07) is 13.8. The van der Waals surface area contributed by atoms with Gasteiger partial charge in [0, 0.05) is 22.0 Å². The molecule has 0 saturated heterocycles. The second-order valence-corrected chi connectivity index (χ2v) is 8.50. The molecule has 28 heavy (non-hydrogen) atoms. The lowest BCUT2D eigenvalue weighted by molar-refractivity contribution is -0.147. The lowest BCUT2D eigenvalue weighted by atomic mass is 9.89. The van der Waals surface area contributed by atoms with Crippen LogP contribution in [0.1, 0.15) is 20.8 Å². The van der Waals surface area contributed by atoms with Gasteiger partial charge in [0.15, 0.2) is 5.78 Å². The van der Waals surface area contributed by atoms with Crippen molar-refractivity contribution < 1.29 is 19.1 Å². The maximum atomic E-state index is 12.3. The van der Waals surface area contributed by atoms with E-state index in [1.165, 1.54) is 6.92 Å². The van der Waals surface area contributed by atoms with Crippen LogP contribution in [-0.4, -0.2) is 23.4 Å². The third kappa shape index (κ3) is 9.28. The number of rotatable bonds is 6. The fourth-order valence-electron chi connectivity index (χ4n) is 1.81. The van der Waals surface area contributed by atoms with Crippen LogP contribution in [0.2, 0.25) is 15.1 Å². The molecule has 1 unspecified atom stereocenters. The van der Waals surface area contributed by atoms with Crippen LogP contribution < -0.4 is 4.74 Å². The maximum Gasteiger partial charge on any atom is 0.302 e. The molecule has 0 radical (unpaired) electrons. The minimum absolute atomic E-state index is 0.00719. The summed E-state index contributed by atoms with van der Waals surface area (Å²) < 4.78 is 10.4. The molecule has 0 bridgehead atoms. The summed E-state index contributed by atoms with van der Waals surface area (Å²) in [6.45, 7) is 4.69. The van der Waals surface area contributed by atoms with Gasteiger partial charge in [0.05, 0.1) is 5.41 Å². The van der Waals surface area contributed by atoms with Crippen molar-refractivity contribution in [2.75, 3.05) is 6.61 Å². The van der Waals surface area contributed by atoms with Gasteiger partial charge >= 0.3 is 5.97 Å². The summed E-state index contributed by atoms with van der Waals surface area (Å²) >= 11 is 20.1. The van der Waals surface area contributed by atoms with Gasteiger partial charge in [-0.25, -0.2) is 0 Å². The molecular weight excluding hydrogens is 490 g/mol. The average Bonchev–Trinajstić information content (AvgIpc) is 2.61. The molecule has 0 aliphatic rings. The van der Waals surface area contributed by atoms with Crippen molar-refractivity contribution in [3.8, 4) is 5.75 Å². The van der Waals surface area contributed by atoms with E-state index in [0.29, 0.717) is 20.8 Å². The SMILES string of the molecule is CC(=O)OCC(C)(C)C(=O)C(Br)Oc1ccc(Cl)cc1.Clc1cccc(Cl)c1. The monoisotopic (exact) mass is 508 g/mol. The topological polar surface area (TPSA) is 52.6 Å². The molecule has 0 saturated carbocycles. The van der Waals surface area contributed by atoms with Crippen LogP contribution >= 0.6 is 50.7 Å². The van der Waals surface area contributed by atoms with Crippen LogP contribution in [0.4, 0.5) is 0 Å². The Labute approximate surface area is 188 Å². The van der Waals surface area contributed by atoms with E-state index in [0.717, 1.165) is 0 Å². The van der Waals surface area contributed by atoms with E-state index in [1.54, 1.807) is 56.3 Å². The highest BCUT2D eigenvalue weighted by atomic mass is 79.9. The Morgan fingerprint density at radius 1 is 1.00 bits per heavy atom. The number of hydrogen-bond acceptors (Lipinski definition) is 4. The van der Waals surface area contributed by atoms with Crippen LogP contribution in [-0.2, 0) is 14.3 Å². The molecule has 0 amide bonds. The largest absolute Gasteiger partial charge is 0.471 e. The third-order valence-corrected chi connectivity index (χ3v) is 4.67. The number of hydrogen-bond donors (Lipinski definition) is 0. The fraction of sp³-hybridized carbons (Fsp3) is 0.300. The second-order valence-electron chi connectivity index (χ2n) is 6.36. The molecule has 0 spiro atoms. The van der Waals surface area contributed by atoms with Crippen molar-refractivity contribution >= 4 is 62.5 Å². The first-order valence-electron chi connectivity index (χ1n) is 8.16. The zero-order valence-corrected chi connectivity index (χ0v) is 19.4. The zero-order valence-electron chi connectivity index (χ0n) is 15.5. The predicted octanol–water partition coefficient (Wildman–Crippen LogP) is 6.59. The van der Waals surface area contributed by atoms with Crippen LogP contribution in [0.3, 0.4) is 0 Å². The van der Waals surface area contributed by atoms with Crippen molar-refractivity contribution in [1.82, 2.24) is 0 Å². The molecule has 0 aromatic heterocycles. The van der Waals surface area contributed by atoms with Gasteiger partial charge in [-0.1, -0.05) is 40.9 Å². The van der Waals surface area contributed by atoms with E-state index < -0.39 is 16.4 Å². The number of Topliss-reactive ketones (excluding diaryl/α,β-unsaturated/α-hetero) is 1. The lowest BCUT2D eigenvalue weighted by Gasteiger charge is -2.25. The van der Waals surface area contributed by atoms with Gasteiger partial charge in [-0.05, 0) is 72.2 Å². The molecule has 2 aromatic rings. The highest BCUT2D eigenvalue weighted by Gasteiger charge is 2.35. The van der Waals surface area contributed by atoms with Gasteiger partial charge in [0.25, 0.3) is 0 Å². The van der Waals surface area contributed by atoms with Crippen molar-refractivity contribution in [2.45, 2.75) is 25.8 Å². The van der Waals surface area contributed by atoms with Crippen LogP contribution in [0.15, 0.2) is 48.5 Å². The van der Waals surface area contributed by atoms with Gasteiger partial charge in [-0.3, -0.25) is 9.59 Å². The molecule has 2 rings (SSSR count). The number of carbonyl (C=O) groups is 2. The second kappa shape index (κ2) is 11.7. The number of ether oxygens (including phenoxy) is 2. The van der Waals surface area contributed by atoms with Crippen LogP contribution in [0, 0.1) is 5.41 Å². The summed E-state index contributed by atoms with van der Waals surface area (Å²) in [5.74, 6) is -0.114. The van der Waals surface area contributed by atoms with E-state index in [1.807, 2.05) is 6.07 Å². The molecule has 0 heterocycles. The van der Waals surface area contributed by atoms with Gasteiger partial charge in [-0.2, -0.15) is 0 Å². The van der Waals surface area contributed by atoms with Crippen LogP contribution in [0.5, 0.6) is 5.75 Å². The summed E-state index contributed by atoms with van der Waals surface area (Å²) in [6.07, 6.45) is 0. The van der Waals surface area contributed by atoms with Gasteiger partial charge in [0.1, 0.15) is 12.4 Å². The highest BCUT2D eigenvalue weighted by molar-refractivity contribution is 9.09. The van der Waals surface area contributed by atoms with Crippen molar-refractivity contribution in [1.29, 1.82) is 0 Å². The summed E-state index contributed by atoms with van der Waals surface area (Å²) in [5.41, 5.74) is -0.841. The molecule has 2 aromatic carbocycles. The Kier molecular flexibility index (Phi) is 10.3. The number of halogens is 4. The van der Waals surface area contributed by atoms with Crippen LogP contribution in [0.25, 0.3) is 0 Å². The van der Waals surface area contributed by atoms with Gasteiger partial charge in [-0.15, -0.1) is 0 Å². The molecule has 0 aliphatic heterocycles. The smallest absolute Gasteiger partial charge is 0.302 e. The highest BCUT2D eigenvalue weighted by Crippen LogP contribution is 2.25. The summed E-state index contributed by atoms with van der Waals surface area (Å²) in [5, 5.41) is 1.12. The third-order valence-electron chi connectivity index (χ3n) is 3.35. The number of ketones is 1. The first kappa shape index (κ1) is 24.8. The molecule has 0 fully saturated rings. The molecule has 8 heteroatoms. The van der Waals surface area contributed by atoms with E-state index >= 15 is 0 Å². The Balaban J connectivity index is 0.000000406.